The summed E-state index contributed by atoms with van der Waals surface area (Å²) in [5, 5.41) is 24.5. The van der Waals surface area contributed by atoms with Gasteiger partial charge in [0.25, 0.3) is 0 Å². The number of ether oxygens (including phenoxy) is 1. The highest BCUT2D eigenvalue weighted by atomic mass is 32.1. The Balaban J connectivity index is 0.652. The molecule has 3 aromatic carbocycles. The van der Waals surface area contributed by atoms with E-state index in [4.69, 9.17) is 24.2 Å². The van der Waals surface area contributed by atoms with E-state index in [2.05, 4.69) is 71.6 Å². The molecule has 0 saturated carbocycles. The first-order chi connectivity index (χ1) is 39.3. The molecule has 2 amide bonds. The van der Waals surface area contributed by atoms with Crippen LogP contribution in [0.5, 0.6) is 11.8 Å². The maximum Gasteiger partial charge on any atom is 0.319 e. The molecule has 5 aliphatic heterocycles. The highest BCUT2D eigenvalue weighted by Gasteiger charge is 2.41. The van der Waals surface area contributed by atoms with Gasteiger partial charge in [-0.25, -0.2) is 9.37 Å². The Bertz CT molecular complexity index is 3390. The summed E-state index contributed by atoms with van der Waals surface area (Å²) in [6.07, 6.45) is 8.24. The molecule has 3 N–H and O–H groups in total. The Morgan fingerprint density at radius 2 is 1.69 bits per heavy atom. The van der Waals surface area contributed by atoms with Crippen LogP contribution in [-0.2, 0) is 16.0 Å². The van der Waals surface area contributed by atoms with Crippen molar-refractivity contribution in [2.75, 3.05) is 88.4 Å². The SMILES string of the molecule is CCc1cccc2cc(O)cc(-c3ncc4c(N5CC6CCC(C5)N6)nc(OCCN5CCC[C@@H](CN6CCN(c7cc([C@H](C(=O)N8CCC[C@H]8C(=O)N[C@@H](C)c8ccc(-c9scnc9C)cc8)C(C)C)on7)CC6)C5)nc4c3F)c12. The molecule has 2 unspecified atom stereocenters. The van der Waals surface area contributed by atoms with Gasteiger partial charge in [-0.15, -0.1) is 11.3 Å². The van der Waals surface area contributed by atoms with Crippen molar-refractivity contribution < 1.29 is 28.3 Å². The zero-order valence-electron chi connectivity index (χ0n) is 47.2. The molecule has 7 aromatic rings. The van der Waals surface area contributed by atoms with Gasteiger partial charge in [-0.2, -0.15) is 9.97 Å². The highest BCUT2D eigenvalue weighted by molar-refractivity contribution is 7.13. The number of hydrogen-bond donors (Lipinski definition) is 3. The summed E-state index contributed by atoms with van der Waals surface area (Å²) in [5.41, 5.74) is 6.84. The number of amides is 2. The van der Waals surface area contributed by atoms with Crippen molar-refractivity contribution in [3.63, 3.8) is 0 Å². The Morgan fingerprint density at radius 1 is 0.901 bits per heavy atom. The van der Waals surface area contributed by atoms with Crippen molar-refractivity contribution in [1.29, 1.82) is 0 Å². The van der Waals surface area contributed by atoms with E-state index >= 15 is 4.39 Å². The van der Waals surface area contributed by atoms with E-state index in [1.54, 1.807) is 34.6 Å². The first kappa shape index (κ1) is 54.8. The van der Waals surface area contributed by atoms with Crippen LogP contribution in [0.1, 0.15) is 101 Å². The molecule has 81 heavy (non-hydrogen) atoms. The summed E-state index contributed by atoms with van der Waals surface area (Å²) in [4.78, 5) is 59.6. The van der Waals surface area contributed by atoms with Crippen LogP contribution < -0.4 is 25.2 Å². The second-order valence-corrected chi connectivity index (χ2v) is 24.3. The van der Waals surface area contributed by atoms with Crippen molar-refractivity contribution in [2.24, 2.45) is 11.8 Å². The molecule has 9 heterocycles. The van der Waals surface area contributed by atoms with Crippen LogP contribution in [0.2, 0.25) is 0 Å². The Kier molecular flexibility index (Phi) is 15.9. The lowest BCUT2D eigenvalue weighted by molar-refractivity contribution is -0.141. The van der Waals surface area contributed by atoms with Crippen molar-refractivity contribution in [2.45, 2.75) is 110 Å². The van der Waals surface area contributed by atoms with Gasteiger partial charge < -0.3 is 39.7 Å². The number of fused-ring (bicyclic) bond motifs is 4. The number of piperazine rings is 2. The number of benzene rings is 3. The molecule has 0 spiro atoms. The van der Waals surface area contributed by atoms with Crippen molar-refractivity contribution in [1.82, 2.24) is 50.4 Å². The molecular formula is C62H75FN12O5S. The van der Waals surface area contributed by atoms with E-state index in [1.807, 2.05) is 57.5 Å². The molecule has 2 bridgehead atoms. The summed E-state index contributed by atoms with van der Waals surface area (Å²) in [7, 11) is 0. The van der Waals surface area contributed by atoms with Gasteiger partial charge in [0.05, 0.1) is 27.5 Å². The van der Waals surface area contributed by atoms with Crippen LogP contribution in [0.15, 0.2) is 76.9 Å². The molecule has 17 nitrogen and oxygen atoms in total. The largest absolute Gasteiger partial charge is 0.508 e. The molecule has 6 atom stereocenters. The highest BCUT2D eigenvalue weighted by Crippen LogP contribution is 2.40. The number of carbonyl (C=O) groups is 2. The van der Waals surface area contributed by atoms with Crippen LogP contribution in [0, 0.1) is 24.6 Å². The van der Waals surface area contributed by atoms with Crippen molar-refractivity contribution >= 4 is 56.5 Å². The maximum absolute atomic E-state index is 17.2. The lowest BCUT2D eigenvalue weighted by Gasteiger charge is -2.39. The van der Waals surface area contributed by atoms with Crippen LogP contribution in [0.25, 0.3) is 43.4 Å². The predicted octanol–water partition coefficient (Wildman–Crippen LogP) is 9.13. The van der Waals surface area contributed by atoms with Gasteiger partial charge in [0.1, 0.15) is 41.3 Å². The number of likely N-dealkylation sites (tertiary alicyclic amines) is 2. The average Bonchev–Trinajstić information content (AvgIpc) is 4.50. The number of aromatic nitrogens is 5. The number of piperidine rings is 1. The van der Waals surface area contributed by atoms with Gasteiger partial charge in [0.2, 0.25) is 11.8 Å². The fourth-order valence-corrected chi connectivity index (χ4v) is 14.2. The van der Waals surface area contributed by atoms with Crippen LogP contribution in [-0.4, -0.2) is 153 Å². The molecule has 5 saturated heterocycles. The minimum absolute atomic E-state index is 0.0480. The molecule has 4 aromatic heterocycles. The number of pyridine rings is 1. The molecule has 0 aliphatic carbocycles. The van der Waals surface area contributed by atoms with Crippen LogP contribution >= 0.6 is 11.3 Å². The smallest absolute Gasteiger partial charge is 0.319 e. The minimum atomic E-state index is -0.563. The summed E-state index contributed by atoms with van der Waals surface area (Å²) in [6.45, 7) is 19.5. The summed E-state index contributed by atoms with van der Waals surface area (Å²) in [5.74, 6) is 1.04. The zero-order valence-corrected chi connectivity index (χ0v) is 48.1. The number of aryl methyl sites for hydroxylation is 2. The maximum atomic E-state index is 17.2. The van der Waals surface area contributed by atoms with E-state index in [0.717, 1.165) is 141 Å². The quantitative estimate of drug-likeness (QED) is 0.0785. The zero-order chi connectivity index (χ0) is 55.9. The number of hydrogen-bond acceptors (Lipinski definition) is 16. The fourth-order valence-electron chi connectivity index (χ4n) is 13.4. The molecule has 0 radical (unpaired) electrons. The lowest BCUT2D eigenvalue weighted by atomic mass is 9.91. The number of carbonyl (C=O) groups excluding carboxylic acids is 2. The summed E-state index contributed by atoms with van der Waals surface area (Å²) in [6, 6.07) is 19.5. The van der Waals surface area contributed by atoms with Crippen LogP contribution in [0.3, 0.4) is 0 Å². The molecular weight excluding hydrogens is 1040 g/mol. The number of halogens is 1. The van der Waals surface area contributed by atoms with Crippen LogP contribution in [0.4, 0.5) is 16.0 Å². The topological polar surface area (TPSA) is 181 Å². The van der Waals surface area contributed by atoms with E-state index in [-0.39, 0.29) is 46.7 Å². The normalized spacial score (nSPS) is 21.6. The third-order valence-corrected chi connectivity index (χ3v) is 18.6. The number of anilines is 2. The summed E-state index contributed by atoms with van der Waals surface area (Å²) < 4.78 is 29.6. The minimum Gasteiger partial charge on any atom is -0.508 e. The van der Waals surface area contributed by atoms with Gasteiger partial charge in [0.15, 0.2) is 17.4 Å². The number of thiazole rings is 1. The monoisotopic (exact) mass is 1120 g/mol. The lowest BCUT2D eigenvalue weighted by Crippen LogP contribution is -2.51. The van der Waals surface area contributed by atoms with E-state index in [0.29, 0.717) is 66.6 Å². The fraction of sp³-hybridized carbons (Fsp3) is 0.500. The Hall–Kier alpha value is -6.80. The van der Waals surface area contributed by atoms with E-state index in [9.17, 15) is 14.7 Å². The number of rotatable bonds is 17. The number of phenolic OH excluding ortho intramolecular Hbond substituents is 1. The van der Waals surface area contributed by atoms with Crippen molar-refractivity contribution in [3.05, 3.63) is 101 Å². The Morgan fingerprint density at radius 3 is 2.44 bits per heavy atom. The third kappa shape index (κ3) is 11.4. The van der Waals surface area contributed by atoms with Crippen molar-refractivity contribution in [3.8, 4) is 33.5 Å². The second kappa shape index (κ2) is 23.6. The van der Waals surface area contributed by atoms with Gasteiger partial charge in [-0.05, 0) is 117 Å². The standard InChI is InChI=1S/C62H75FN12O5S/c1-6-41-11-7-12-44-28-47(76)29-48(54(41)44)56-55(63)57-49(31-64-56)59(74-34-45-18-19-46(35-74)67-45)69-62(68-57)79-27-26-71-20-8-10-40(32-71)33-72-22-24-73(25-23-72)52-30-51(80-70-52)53(37(2)3)61(78)75-21-9-13-50(75)60(77)66-38(4)42-14-16-43(17-15-42)58-39(5)65-36-81-58/h7,11-12,14-17,28-31,36-38,40,45-46,50,53,67,76H,6,8-10,13,18-27,32-35H2,1-5H3,(H,66,77)/t38-,40+,45?,46?,50-,53+/m0/s1. The first-order valence-electron chi connectivity index (χ1n) is 29.4. The molecule has 5 aliphatic rings. The first-order valence-corrected chi connectivity index (χ1v) is 30.3. The number of nitrogens with zero attached hydrogens (tertiary/aromatic N) is 10. The molecule has 12 rings (SSSR count). The molecule has 5 fully saturated rings. The Labute approximate surface area is 477 Å². The predicted molar refractivity (Wildman–Crippen MR) is 314 cm³/mol. The molecule has 19 heteroatoms. The van der Waals surface area contributed by atoms with Gasteiger partial charge in [-0.3, -0.25) is 24.4 Å². The average molecular weight is 1120 g/mol. The number of phenols is 1. The number of aromatic hydroxyl groups is 1. The molecule has 426 valence electrons. The van der Waals surface area contributed by atoms with Gasteiger partial charge in [0, 0.05) is 95.4 Å². The van der Waals surface area contributed by atoms with Gasteiger partial charge in [-0.1, -0.05) is 68.4 Å². The number of nitrogens with one attached hydrogen (secondary N) is 2. The van der Waals surface area contributed by atoms with E-state index in [1.165, 1.54) is 0 Å². The second-order valence-electron chi connectivity index (χ2n) is 23.5. The summed E-state index contributed by atoms with van der Waals surface area (Å²) >= 11 is 1.62. The van der Waals surface area contributed by atoms with E-state index < -0.39 is 17.8 Å². The van der Waals surface area contributed by atoms with Gasteiger partial charge >= 0.3 is 6.01 Å². The third-order valence-electron chi connectivity index (χ3n) is 17.7.